The van der Waals surface area contributed by atoms with E-state index in [-0.39, 0.29) is 6.04 Å². The molecular formula is C17H22N2O. The van der Waals surface area contributed by atoms with Crippen molar-refractivity contribution >= 4 is 0 Å². The number of likely N-dealkylation sites (N-methyl/N-ethyl adjacent to an activating group) is 1. The predicted molar refractivity (Wildman–Crippen MR) is 82.1 cm³/mol. The molecule has 0 bridgehead atoms. The Labute approximate surface area is 121 Å². The molecule has 3 heteroatoms. The summed E-state index contributed by atoms with van der Waals surface area (Å²) in [5.41, 5.74) is 2.55. The van der Waals surface area contributed by atoms with Gasteiger partial charge in [0.05, 0.1) is 6.61 Å². The van der Waals surface area contributed by atoms with Crippen LogP contribution in [0.25, 0.3) is 0 Å². The molecule has 0 aliphatic rings. The first kappa shape index (κ1) is 14.5. The van der Waals surface area contributed by atoms with Crippen LogP contribution in [0.4, 0.5) is 0 Å². The Morgan fingerprint density at radius 2 is 1.70 bits per heavy atom. The molecule has 0 fully saturated rings. The first-order valence-electron chi connectivity index (χ1n) is 7.06. The maximum atomic E-state index is 5.49. The van der Waals surface area contributed by atoms with Crippen LogP contribution in [-0.4, -0.2) is 18.6 Å². The van der Waals surface area contributed by atoms with E-state index in [2.05, 4.69) is 41.5 Å². The van der Waals surface area contributed by atoms with Crippen LogP contribution in [0, 0.1) is 0 Å². The highest BCUT2D eigenvalue weighted by atomic mass is 16.5. The number of rotatable bonds is 6. The van der Waals surface area contributed by atoms with Crippen molar-refractivity contribution in [1.29, 1.82) is 0 Å². The minimum Gasteiger partial charge on any atom is -0.494 e. The number of hydrogen-bond acceptors (Lipinski definition) is 3. The highest BCUT2D eigenvalue weighted by molar-refractivity contribution is 5.32. The van der Waals surface area contributed by atoms with Gasteiger partial charge < -0.3 is 10.1 Å². The normalized spacial score (nSPS) is 13.8. The summed E-state index contributed by atoms with van der Waals surface area (Å²) in [6.45, 7) is 4.92. The second-order valence-electron chi connectivity index (χ2n) is 4.84. The van der Waals surface area contributed by atoms with Gasteiger partial charge in [-0.1, -0.05) is 19.1 Å². The fourth-order valence-electron chi connectivity index (χ4n) is 2.50. The van der Waals surface area contributed by atoms with Crippen molar-refractivity contribution in [2.24, 2.45) is 0 Å². The maximum absolute atomic E-state index is 5.49. The topological polar surface area (TPSA) is 34.1 Å². The molecule has 0 spiro atoms. The third kappa shape index (κ3) is 3.36. The third-order valence-corrected chi connectivity index (χ3v) is 3.59. The summed E-state index contributed by atoms with van der Waals surface area (Å²) >= 11 is 0. The molecule has 1 aromatic heterocycles. The molecule has 1 heterocycles. The molecule has 1 N–H and O–H groups in total. The minimum atomic E-state index is 0.271. The molecule has 0 saturated heterocycles. The van der Waals surface area contributed by atoms with Gasteiger partial charge in [0.15, 0.2) is 0 Å². The van der Waals surface area contributed by atoms with E-state index in [1.165, 1.54) is 11.1 Å². The Morgan fingerprint density at radius 1 is 1.05 bits per heavy atom. The number of hydrogen-bond donors (Lipinski definition) is 1. The van der Waals surface area contributed by atoms with E-state index in [0.29, 0.717) is 12.5 Å². The lowest BCUT2D eigenvalue weighted by atomic mass is 9.89. The van der Waals surface area contributed by atoms with Crippen molar-refractivity contribution in [3.8, 4) is 5.75 Å². The van der Waals surface area contributed by atoms with E-state index in [1.807, 2.05) is 38.5 Å². The summed E-state index contributed by atoms with van der Waals surface area (Å²) in [6, 6.07) is 12.7. The molecule has 0 amide bonds. The lowest BCUT2D eigenvalue weighted by Gasteiger charge is -2.24. The molecule has 2 atom stereocenters. The quantitative estimate of drug-likeness (QED) is 0.871. The van der Waals surface area contributed by atoms with Crippen molar-refractivity contribution in [2.45, 2.75) is 25.8 Å². The Bertz CT molecular complexity index is 510. The van der Waals surface area contributed by atoms with Gasteiger partial charge in [-0.2, -0.15) is 0 Å². The molecule has 3 nitrogen and oxygen atoms in total. The summed E-state index contributed by atoms with van der Waals surface area (Å²) in [5, 5.41) is 3.41. The van der Waals surface area contributed by atoms with Crippen molar-refractivity contribution in [3.63, 3.8) is 0 Å². The Hall–Kier alpha value is -1.87. The predicted octanol–water partition coefficient (Wildman–Crippen LogP) is 3.54. The Kier molecular flexibility index (Phi) is 5.13. The Morgan fingerprint density at radius 3 is 2.25 bits per heavy atom. The van der Waals surface area contributed by atoms with Gasteiger partial charge >= 0.3 is 0 Å². The second kappa shape index (κ2) is 7.06. The highest BCUT2D eigenvalue weighted by Crippen LogP contribution is 2.30. The summed E-state index contributed by atoms with van der Waals surface area (Å²) < 4.78 is 5.49. The van der Waals surface area contributed by atoms with Crippen LogP contribution in [0.3, 0.4) is 0 Å². The van der Waals surface area contributed by atoms with Crippen LogP contribution in [0.2, 0.25) is 0 Å². The van der Waals surface area contributed by atoms with E-state index < -0.39 is 0 Å². The van der Waals surface area contributed by atoms with Gasteiger partial charge in [0.2, 0.25) is 0 Å². The number of pyridine rings is 1. The molecule has 2 unspecified atom stereocenters. The van der Waals surface area contributed by atoms with E-state index in [0.717, 1.165) is 5.75 Å². The average molecular weight is 270 g/mol. The maximum Gasteiger partial charge on any atom is 0.119 e. The smallest absolute Gasteiger partial charge is 0.119 e. The largest absolute Gasteiger partial charge is 0.494 e. The van der Waals surface area contributed by atoms with E-state index in [4.69, 9.17) is 4.74 Å². The summed E-state index contributed by atoms with van der Waals surface area (Å²) in [4.78, 5) is 4.08. The van der Waals surface area contributed by atoms with Gasteiger partial charge in [-0.05, 0) is 49.4 Å². The van der Waals surface area contributed by atoms with Gasteiger partial charge in [-0.15, -0.1) is 0 Å². The molecule has 20 heavy (non-hydrogen) atoms. The average Bonchev–Trinajstić information content (AvgIpc) is 2.51. The van der Waals surface area contributed by atoms with Crippen LogP contribution in [0.1, 0.15) is 36.9 Å². The molecule has 0 aliphatic heterocycles. The van der Waals surface area contributed by atoms with Crippen LogP contribution in [0.15, 0.2) is 48.8 Å². The van der Waals surface area contributed by atoms with Gasteiger partial charge in [-0.3, -0.25) is 4.98 Å². The fraction of sp³-hybridized carbons (Fsp3) is 0.353. The van der Waals surface area contributed by atoms with Crippen molar-refractivity contribution in [2.75, 3.05) is 13.7 Å². The summed E-state index contributed by atoms with van der Waals surface area (Å²) in [6.07, 6.45) is 3.69. The highest BCUT2D eigenvalue weighted by Gasteiger charge is 2.19. The van der Waals surface area contributed by atoms with Gasteiger partial charge in [0.25, 0.3) is 0 Å². The molecular weight excluding hydrogens is 248 g/mol. The molecule has 0 radical (unpaired) electrons. The number of benzene rings is 1. The van der Waals surface area contributed by atoms with E-state index in [9.17, 15) is 0 Å². The van der Waals surface area contributed by atoms with Crippen LogP contribution >= 0.6 is 0 Å². The van der Waals surface area contributed by atoms with Crippen LogP contribution < -0.4 is 10.1 Å². The lowest BCUT2D eigenvalue weighted by molar-refractivity contribution is 0.340. The van der Waals surface area contributed by atoms with E-state index in [1.54, 1.807) is 0 Å². The fourth-order valence-corrected chi connectivity index (χ4v) is 2.50. The van der Waals surface area contributed by atoms with E-state index >= 15 is 0 Å². The molecule has 0 saturated carbocycles. The Balaban J connectivity index is 2.19. The number of nitrogens with one attached hydrogen (secondary N) is 1. The number of ether oxygens (including phenoxy) is 1. The minimum absolute atomic E-state index is 0.271. The zero-order valence-electron chi connectivity index (χ0n) is 12.3. The first-order valence-corrected chi connectivity index (χ1v) is 7.06. The second-order valence-corrected chi connectivity index (χ2v) is 4.84. The van der Waals surface area contributed by atoms with Crippen molar-refractivity contribution in [3.05, 3.63) is 59.9 Å². The third-order valence-electron chi connectivity index (χ3n) is 3.59. The van der Waals surface area contributed by atoms with Gasteiger partial charge in [0, 0.05) is 24.4 Å². The zero-order valence-corrected chi connectivity index (χ0v) is 12.3. The number of nitrogens with zero attached hydrogens (tertiary/aromatic N) is 1. The number of aromatic nitrogens is 1. The zero-order chi connectivity index (χ0) is 14.4. The van der Waals surface area contributed by atoms with Gasteiger partial charge in [-0.25, -0.2) is 0 Å². The van der Waals surface area contributed by atoms with Crippen LogP contribution in [-0.2, 0) is 0 Å². The van der Waals surface area contributed by atoms with Crippen molar-refractivity contribution < 1.29 is 4.74 Å². The molecule has 1 aromatic carbocycles. The monoisotopic (exact) mass is 270 g/mol. The molecule has 0 aliphatic carbocycles. The first-order chi connectivity index (χ1) is 9.76. The summed E-state index contributed by atoms with van der Waals surface area (Å²) in [7, 11) is 2.00. The van der Waals surface area contributed by atoms with Gasteiger partial charge in [0.1, 0.15) is 5.75 Å². The lowest BCUT2D eigenvalue weighted by Crippen LogP contribution is -2.22. The molecule has 106 valence electrons. The summed E-state index contributed by atoms with van der Waals surface area (Å²) in [5.74, 6) is 1.30. The van der Waals surface area contributed by atoms with Crippen LogP contribution in [0.5, 0.6) is 5.75 Å². The van der Waals surface area contributed by atoms with Crippen molar-refractivity contribution in [1.82, 2.24) is 10.3 Å². The molecule has 2 aromatic rings. The molecule has 2 rings (SSSR count). The standard InChI is InChI=1S/C17H22N2O/c1-4-20-16-7-5-15(6-8-16)17(18-3)13(2)14-9-11-19-12-10-14/h5-13,17-18H,4H2,1-3H3. The SMILES string of the molecule is CCOc1ccc(C(NC)C(C)c2ccncc2)cc1.